The summed E-state index contributed by atoms with van der Waals surface area (Å²) < 4.78 is 53.8. The van der Waals surface area contributed by atoms with Crippen LogP contribution in [0.2, 0.25) is 5.02 Å². The molecule has 2 aromatic heterocycles. The minimum Gasteiger partial charge on any atom is -0.237 e. The predicted octanol–water partition coefficient (Wildman–Crippen LogP) is 5.90. The number of pyridine rings is 1. The first-order chi connectivity index (χ1) is 12.8. The fraction of sp³-hybridized carbons (Fsp3) is 0.0526. The highest BCUT2D eigenvalue weighted by Crippen LogP contribution is 2.35. The molecule has 136 valence electrons. The minimum absolute atomic E-state index is 0.0588. The molecule has 0 unspecified atom stereocenters. The molecule has 0 saturated carbocycles. The molecule has 0 aliphatic carbocycles. The van der Waals surface area contributed by atoms with Gasteiger partial charge in [-0.1, -0.05) is 11.6 Å². The van der Waals surface area contributed by atoms with Gasteiger partial charge in [-0.15, -0.1) is 0 Å². The van der Waals surface area contributed by atoms with E-state index in [2.05, 4.69) is 10.1 Å². The number of rotatable bonds is 2. The Morgan fingerprint density at radius 1 is 0.963 bits per heavy atom. The van der Waals surface area contributed by atoms with Crippen LogP contribution in [0.3, 0.4) is 0 Å². The second-order valence-corrected chi connectivity index (χ2v) is 6.21. The molecule has 0 spiro atoms. The number of hydrogen-bond donors (Lipinski definition) is 0. The first-order valence-corrected chi connectivity index (χ1v) is 8.19. The summed E-state index contributed by atoms with van der Waals surface area (Å²) in [5.74, 6) is -0.401. The number of halogens is 5. The lowest BCUT2D eigenvalue weighted by Gasteiger charge is -2.11. The summed E-state index contributed by atoms with van der Waals surface area (Å²) in [4.78, 5) is 4.24. The Bertz CT molecular complexity index is 1130. The maximum Gasteiger partial charge on any atom is 0.416 e. The maximum atomic E-state index is 13.2. The summed E-state index contributed by atoms with van der Waals surface area (Å²) in [5, 5.41) is 5.13. The van der Waals surface area contributed by atoms with Gasteiger partial charge in [-0.05, 0) is 54.6 Å². The van der Waals surface area contributed by atoms with E-state index in [1.165, 1.54) is 29.1 Å². The Hall–Kier alpha value is -2.93. The second kappa shape index (κ2) is 6.35. The number of nitrogens with zero attached hydrogens (tertiary/aromatic N) is 3. The topological polar surface area (TPSA) is 30.7 Å². The fourth-order valence-electron chi connectivity index (χ4n) is 2.79. The zero-order chi connectivity index (χ0) is 19.2. The number of benzene rings is 2. The summed E-state index contributed by atoms with van der Waals surface area (Å²) in [6.45, 7) is 0. The first kappa shape index (κ1) is 17.5. The number of alkyl halides is 3. The SMILES string of the molecule is Fc1ccc(-c2nn(-c3cc(C(F)(F)F)ccc3Cl)c3ncccc23)cc1. The van der Waals surface area contributed by atoms with Crippen LogP contribution in [0.25, 0.3) is 28.0 Å². The molecule has 3 nitrogen and oxygen atoms in total. The highest BCUT2D eigenvalue weighted by Gasteiger charge is 2.31. The summed E-state index contributed by atoms with van der Waals surface area (Å²) in [5.41, 5.74) is 0.634. The van der Waals surface area contributed by atoms with Crippen molar-refractivity contribution in [1.29, 1.82) is 0 Å². The zero-order valence-corrected chi connectivity index (χ0v) is 14.3. The van der Waals surface area contributed by atoms with Crippen LogP contribution in [0.15, 0.2) is 60.8 Å². The standard InChI is InChI=1S/C19H10ClF4N3/c20-15-8-5-12(19(22,23)24)10-16(15)27-18-14(2-1-9-25-18)17(26-27)11-3-6-13(21)7-4-11/h1-10H. The molecular formula is C19H10ClF4N3. The number of hydrogen-bond acceptors (Lipinski definition) is 2. The Balaban J connectivity index is 1.98. The average molecular weight is 392 g/mol. The Morgan fingerprint density at radius 3 is 2.41 bits per heavy atom. The molecule has 4 rings (SSSR count). The largest absolute Gasteiger partial charge is 0.416 e. The fourth-order valence-corrected chi connectivity index (χ4v) is 2.99. The van der Waals surface area contributed by atoms with Crippen LogP contribution in [0.4, 0.5) is 17.6 Å². The molecule has 0 bridgehead atoms. The van der Waals surface area contributed by atoms with Gasteiger partial charge in [0.15, 0.2) is 5.65 Å². The summed E-state index contributed by atoms with van der Waals surface area (Å²) in [6.07, 6.45) is -3.01. The van der Waals surface area contributed by atoms with Gasteiger partial charge in [0.1, 0.15) is 11.5 Å². The third-order valence-corrected chi connectivity index (χ3v) is 4.38. The van der Waals surface area contributed by atoms with E-state index in [9.17, 15) is 17.6 Å². The van der Waals surface area contributed by atoms with Crippen molar-refractivity contribution in [3.8, 4) is 16.9 Å². The van der Waals surface area contributed by atoms with Crippen molar-refractivity contribution in [1.82, 2.24) is 14.8 Å². The van der Waals surface area contributed by atoms with Gasteiger partial charge >= 0.3 is 6.18 Å². The quantitative estimate of drug-likeness (QED) is 0.398. The first-order valence-electron chi connectivity index (χ1n) is 7.81. The lowest BCUT2D eigenvalue weighted by atomic mass is 10.1. The smallest absolute Gasteiger partial charge is 0.237 e. The van der Waals surface area contributed by atoms with Crippen LogP contribution >= 0.6 is 11.6 Å². The third kappa shape index (κ3) is 3.14. The van der Waals surface area contributed by atoms with Gasteiger partial charge in [-0.25, -0.2) is 14.1 Å². The number of aromatic nitrogens is 3. The van der Waals surface area contributed by atoms with Gasteiger partial charge in [0.05, 0.1) is 16.3 Å². The Morgan fingerprint density at radius 2 is 1.70 bits per heavy atom. The zero-order valence-electron chi connectivity index (χ0n) is 13.5. The molecule has 0 N–H and O–H groups in total. The summed E-state index contributed by atoms with van der Waals surface area (Å²) in [7, 11) is 0. The molecule has 0 aliphatic rings. The minimum atomic E-state index is -4.52. The van der Waals surface area contributed by atoms with Gasteiger partial charge in [-0.2, -0.15) is 18.3 Å². The van der Waals surface area contributed by atoms with E-state index in [1.807, 2.05) is 0 Å². The summed E-state index contributed by atoms with van der Waals surface area (Å²) in [6, 6.07) is 12.1. The molecule has 4 aromatic rings. The molecule has 27 heavy (non-hydrogen) atoms. The Labute approximate surface area is 155 Å². The van der Waals surface area contributed by atoms with Crippen molar-refractivity contribution in [3.05, 3.63) is 77.2 Å². The van der Waals surface area contributed by atoms with Gasteiger partial charge in [0, 0.05) is 17.1 Å². The highest BCUT2D eigenvalue weighted by molar-refractivity contribution is 6.32. The van der Waals surface area contributed by atoms with Crippen molar-refractivity contribution < 1.29 is 17.6 Å². The molecule has 0 aliphatic heterocycles. The van der Waals surface area contributed by atoms with Gasteiger partial charge in [0.2, 0.25) is 0 Å². The highest BCUT2D eigenvalue weighted by atomic mass is 35.5. The normalized spacial score (nSPS) is 11.9. The van der Waals surface area contributed by atoms with Gasteiger partial charge in [0.25, 0.3) is 0 Å². The molecule has 2 heterocycles. The molecule has 0 saturated heterocycles. The molecular weight excluding hydrogens is 382 g/mol. The maximum absolute atomic E-state index is 13.2. The lowest BCUT2D eigenvalue weighted by molar-refractivity contribution is -0.137. The van der Waals surface area contributed by atoms with Gasteiger partial charge < -0.3 is 0 Å². The third-order valence-electron chi connectivity index (χ3n) is 4.06. The van der Waals surface area contributed by atoms with E-state index in [0.29, 0.717) is 22.3 Å². The predicted molar refractivity (Wildman–Crippen MR) is 94.3 cm³/mol. The Kier molecular flexibility index (Phi) is 4.11. The van der Waals surface area contributed by atoms with E-state index < -0.39 is 17.6 Å². The van der Waals surface area contributed by atoms with Crippen LogP contribution in [-0.4, -0.2) is 14.8 Å². The van der Waals surface area contributed by atoms with Crippen molar-refractivity contribution >= 4 is 22.6 Å². The van der Waals surface area contributed by atoms with Crippen LogP contribution in [0.1, 0.15) is 5.56 Å². The van der Waals surface area contributed by atoms with Crippen LogP contribution in [0.5, 0.6) is 0 Å². The van der Waals surface area contributed by atoms with Crippen molar-refractivity contribution in [2.24, 2.45) is 0 Å². The summed E-state index contributed by atoms with van der Waals surface area (Å²) >= 11 is 6.15. The number of fused-ring (bicyclic) bond motifs is 1. The molecule has 8 heteroatoms. The molecule has 0 atom stereocenters. The van der Waals surface area contributed by atoms with Crippen LogP contribution < -0.4 is 0 Å². The molecule has 0 amide bonds. The van der Waals surface area contributed by atoms with Crippen LogP contribution in [-0.2, 0) is 6.18 Å². The van der Waals surface area contributed by atoms with E-state index in [-0.39, 0.29) is 10.7 Å². The van der Waals surface area contributed by atoms with E-state index in [4.69, 9.17) is 11.6 Å². The second-order valence-electron chi connectivity index (χ2n) is 5.81. The van der Waals surface area contributed by atoms with Crippen molar-refractivity contribution in [3.63, 3.8) is 0 Å². The lowest BCUT2D eigenvalue weighted by Crippen LogP contribution is -2.07. The monoisotopic (exact) mass is 391 g/mol. The van der Waals surface area contributed by atoms with Crippen LogP contribution in [0, 0.1) is 5.82 Å². The molecule has 0 fully saturated rings. The molecule has 0 radical (unpaired) electrons. The van der Waals surface area contributed by atoms with E-state index in [1.54, 1.807) is 24.3 Å². The van der Waals surface area contributed by atoms with E-state index >= 15 is 0 Å². The molecule has 2 aromatic carbocycles. The van der Waals surface area contributed by atoms with E-state index in [0.717, 1.165) is 12.1 Å². The van der Waals surface area contributed by atoms with Crippen molar-refractivity contribution in [2.45, 2.75) is 6.18 Å². The van der Waals surface area contributed by atoms with Gasteiger partial charge in [-0.3, -0.25) is 0 Å². The average Bonchev–Trinajstić information content (AvgIpc) is 3.01. The van der Waals surface area contributed by atoms with Crippen molar-refractivity contribution in [2.75, 3.05) is 0 Å².